The van der Waals surface area contributed by atoms with Crippen molar-refractivity contribution >= 4 is 21.9 Å². The molecular weight excluding hydrogens is 250 g/mol. The Labute approximate surface area is 90.2 Å². The number of aryl methyl sites for hydroxylation is 1. The predicted molar refractivity (Wildman–Crippen MR) is 55.2 cm³/mol. The van der Waals surface area contributed by atoms with Crippen LogP contribution in [0.4, 0.5) is 0 Å². The monoisotopic (exact) mass is 261 g/mol. The minimum Gasteiger partial charge on any atom is -0.480 e. The summed E-state index contributed by atoms with van der Waals surface area (Å²) < 4.78 is 6.26. The van der Waals surface area contributed by atoms with Gasteiger partial charge in [-0.25, -0.2) is 0 Å². The van der Waals surface area contributed by atoms with Gasteiger partial charge in [-0.1, -0.05) is 0 Å². The van der Waals surface area contributed by atoms with Crippen molar-refractivity contribution in [2.45, 2.75) is 26.3 Å². The van der Waals surface area contributed by atoms with Gasteiger partial charge in [-0.3, -0.25) is 4.79 Å². The number of carboxylic acids is 1. The van der Waals surface area contributed by atoms with Crippen molar-refractivity contribution in [3.05, 3.63) is 21.6 Å². The van der Waals surface area contributed by atoms with Crippen molar-refractivity contribution in [1.29, 1.82) is 0 Å². The minimum atomic E-state index is -1.02. The Bertz CT molecular complexity index is 359. The van der Waals surface area contributed by atoms with E-state index in [1.807, 2.05) is 13.8 Å². The van der Waals surface area contributed by atoms with E-state index in [9.17, 15) is 4.79 Å². The average Bonchev–Trinajstić information content (AvgIpc) is 2.33. The highest BCUT2D eigenvalue weighted by Gasteiger charge is 2.18. The van der Waals surface area contributed by atoms with E-state index >= 15 is 0 Å². The van der Waals surface area contributed by atoms with Crippen molar-refractivity contribution in [3.63, 3.8) is 0 Å². The molecule has 0 aliphatic heterocycles. The van der Waals surface area contributed by atoms with E-state index in [0.717, 1.165) is 15.8 Å². The molecule has 0 aliphatic carbocycles. The number of halogens is 1. The molecule has 0 saturated carbocycles. The number of hydrogen-bond donors (Lipinski definition) is 2. The van der Waals surface area contributed by atoms with Crippen LogP contribution < -0.4 is 5.73 Å². The van der Waals surface area contributed by atoms with Crippen molar-refractivity contribution in [3.8, 4) is 0 Å². The summed E-state index contributed by atoms with van der Waals surface area (Å²) >= 11 is 3.34. The molecule has 5 heteroatoms. The molecule has 4 nitrogen and oxygen atoms in total. The first-order valence-corrected chi connectivity index (χ1v) is 4.95. The van der Waals surface area contributed by atoms with E-state index in [-0.39, 0.29) is 6.42 Å². The second-order valence-electron chi connectivity index (χ2n) is 3.17. The van der Waals surface area contributed by atoms with Crippen LogP contribution >= 0.6 is 15.9 Å². The molecule has 1 heterocycles. The molecule has 1 unspecified atom stereocenters. The summed E-state index contributed by atoms with van der Waals surface area (Å²) in [7, 11) is 0. The van der Waals surface area contributed by atoms with Crippen LogP contribution in [-0.2, 0) is 11.2 Å². The summed E-state index contributed by atoms with van der Waals surface area (Å²) in [6.07, 6.45) is 0.216. The summed E-state index contributed by atoms with van der Waals surface area (Å²) in [6, 6.07) is -0.911. The van der Waals surface area contributed by atoms with Crippen molar-refractivity contribution < 1.29 is 14.3 Å². The highest BCUT2D eigenvalue weighted by molar-refractivity contribution is 9.10. The zero-order valence-corrected chi connectivity index (χ0v) is 9.59. The summed E-state index contributed by atoms with van der Waals surface area (Å²) in [5.74, 6) is 0.355. The molecule has 1 aromatic heterocycles. The number of hydrogen-bond acceptors (Lipinski definition) is 3. The molecule has 0 spiro atoms. The lowest BCUT2D eigenvalue weighted by Gasteiger charge is -2.03. The van der Waals surface area contributed by atoms with Gasteiger partial charge in [0.25, 0.3) is 0 Å². The Kier molecular flexibility index (Phi) is 3.34. The van der Waals surface area contributed by atoms with E-state index in [1.165, 1.54) is 0 Å². The Morgan fingerprint density at radius 1 is 1.64 bits per heavy atom. The summed E-state index contributed by atoms with van der Waals surface area (Å²) in [4.78, 5) is 10.5. The van der Waals surface area contributed by atoms with Gasteiger partial charge in [-0.2, -0.15) is 0 Å². The Balaban J connectivity index is 2.87. The summed E-state index contributed by atoms with van der Waals surface area (Å²) in [5.41, 5.74) is 6.32. The van der Waals surface area contributed by atoms with Gasteiger partial charge in [-0.05, 0) is 29.8 Å². The number of aliphatic carboxylic acids is 1. The molecular formula is C9H12BrNO3. The highest BCUT2D eigenvalue weighted by Crippen LogP contribution is 2.27. The third-order valence-electron chi connectivity index (χ3n) is 2.06. The maximum Gasteiger partial charge on any atom is 0.320 e. The molecule has 14 heavy (non-hydrogen) atoms. The molecule has 1 atom stereocenters. The maximum atomic E-state index is 10.5. The van der Waals surface area contributed by atoms with Crippen LogP contribution in [0.25, 0.3) is 0 Å². The lowest BCUT2D eigenvalue weighted by atomic mass is 10.1. The average molecular weight is 262 g/mol. The van der Waals surface area contributed by atoms with Crippen LogP contribution in [0.3, 0.4) is 0 Å². The van der Waals surface area contributed by atoms with Gasteiger partial charge in [0.1, 0.15) is 17.6 Å². The van der Waals surface area contributed by atoms with Gasteiger partial charge in [-0.15, -0.1) is 0 Å². The van der Waals surface area contributed by atoms with Crippen LogP contribution in [0.5, 0.6) is 0 Å². The first kappa shape index (κ1) is 11.3. The third-order valence-corrected chi connectivity index (χ3v) is 3.21. The van der Waals surface area contributed by atoms with Crippen molar-refractivity contribution in [1.82, 2.24) is 0 Å². The molecule has 0 radical (unpaired) electrons. The number of rotatable bonds is 3. The van der Waals surface area contributed by atoms with Crippen molar-refractivity contribution in [2.75, 3.05) is 0 Å². The Morgan fingerprint density at radius 2 is 2.21 bits per heavy atom. The predicted octanol–water partition coefficient (Wildman–Crippen LogP) is 1.61. The third kappa shape index (κ3) is 2.16. The van der Waals surface area contributed by atoms with Crippen molar-refractivity contribution in [2.24, 2.45) is 5.73 Å². The van der Waals surface area contributed by atoms with E-state index in [0.29, 0.717) is 5.76 Å². The first-order valence-electron chi connectivity index (χ1n) is 4.16. The number of carbonyl (C=O) groups is 1. The first-order chi connectivity index (χ1) is 6.43. The normalized spacial score (nSPS) is 12.9. The highest BCUT2D eigenvalue weighted by atomic mass is 79.9. The zero-order chi connectivity index (χ0) is 10.9. The lowest BCUT2D eigenvalue weighted by molar-refractivity contribution is -0.138. The topological polar surface area (TPSA) is 76.5 Å². The number of carboxylic acid groups (broad SMARTS) is 1. The summed E-state index contributed by atoms with van der Waals surface area (Å²) in [5, 5.41) is 8.63. The molecule has 1 rings (SSSR count). The number of nitrogens with two attached hydrogens (primary N) is 1. The minimum absolute atomic E-state index is 0.216. The lowest BCUT2D eigenvalue weighted by Crippen LogP contribution is -2.32. The van der Waals surface area contributed by atoms with Crippen LogP contribution in [0.15, 0.2) is 8.89 Å². The van der Waals surface area contributed by atoms with Gasteiger partial charge < -0.3 is 15.3 Å². The van der Waals surface area contributed by atoms with Crippen LogP contribution in [0, 0.1) is 13.8 Å². The maximum absolute atomic E-state index is 10.5. The molecule has 0 bridgehead atoms. The standard InChI is InChI=1S/C9H12BrNO3/c1-4-7(3-6(11)9(12)13)14-5(2)8(4)10/h6H,3,11H2,1-2H3,(H,12,13). The summed E-state index contributed by atoms with van der Waals surface area (Å²) in [6.45, 7) is 3.68. The van der Waals surface area contributed by atoms with E-state index < -0.39 is 12.0 Å². The Hall–Kier alpha value is -0.810. The fourth-order valence-corrected chi connectivity index (χ4v) is 1.48. The quantitative estimate of drug-likeness (QED) is 0.867. The molecule has 0 fully saturated rings. The van der Waals surface area contributed by atoms with Crippen LogP contribution in [-0.4, -0.2) is 17.1 Å². The van der Waals surface area contributed by atoms with E-state index in [1.54, 1.807) is 0 Å². The van der Waals surface area contributed by atoms with E-state index in [2.05, 4.69) is 15.9 Å². The largest absolute Gasteiger partial charge is 0.480 e. The molecule has 1 aromatic rings. The molecule has 0 amide bonds. The van der Waals surface area contributed by atoms with Gasteiger partial charge in [0.2, 0.25) is 0 Å². The van der Waals surface area contributed by atoms with Gasteiger partial charge in [0.05, 0.1) is 4.47 Å². The molecule has 0 aromatic carbocycles. The van der Waals surface area contributed by atoms with Crippen LogP contribution in [0.1, 0.15) is 17.1 Å². The van der Waals surface area contributed by atoms with Crippen LogP contribution in [0.2, 0.25) is 0 Å². The second-order valence-corrected chi connectivity index (χ2v) is 3.96. The second kappa shape index (κ2) is 4.14. The smallest absolute Gasteiger partial charge is 0.320 e. The van der Waals surface area contributed by atoms with Gasteiger partial charge in [0, 0.05) is 12.0 Å². The number of furan rings is 1. The van der Waals surface area contributed by atoms with Gasteiger partial charge in [0.15, 0.2) is 0 Å². The van der Waals surface area contributed by atoms with Gasteiger partial charge >= 0.3 is 5.97 Å². The molecule has 3 N–H and O–H groups in total. The fraction of sp³-hybridized carbons (Fsp3) is 0.444. The zero-order valence-electron chi connectivity index (χ0n) is 8.00. The van der Waals surface area contributed by atoms with E-state index in [4.69, 9.17) is 15.3 Å². The SMILES string of the molecule is Cc1oc(CC(N)C(=O)O)c(C)c1Br. The molecule has 0 aliphatic rings. The molecule has 0 saturated heterocycles. The fourth-order valence-electron chi connectivity index (χ4n) is 1.17. The molecule has 78 valence electrons. The Morgan fingerprint density at radius 3 is 2.57 bits per heavy atom.